The number of phenolic OH excluding ortho intramolecular Hbond substituents is 1. The summed E-state index contributed by atoms with van der Waals surface area (Å²) in [6.45, 7) is 2.01. The third-order valence-electron chi connectivity index (χ3n) is 5.07. The minimum atomic E-state index is -0.113. The Bertz CT molecular complexity index is 744. The molecule has 0 radical (unpaired) electrons. The number of hydrogen-bond acceptors (Lipinski definition) is 2. The number of phenols is 1. The Morgan fingerprint density at radius 1 is 1.00 bits per heavy atom. The first-order chi connectivity index (χ1) is 12.0. The van der Waals surface area contributed by atoms with E-state index in [9.17, 15) is 5.11 Å². The molecule has 2 aromatic carbocycles. The molecule has 2 N–H and O–H groups in total. The lowest BCUT2D eigenvalue weighted by molar-refractivity contribution is 0.334. The molecule has 0 heterocycles. The molecular weight excluding hydrogens is 377 g/mol. The molecule has 2 nitrogen and oxygen atoms in total. The van der Waals surface area contributed by atoms with Crippen LogP contribution in [0.2, 0.25) is 15.1 Å². The lowest BCUT2D eigenvalue weighted by Crippen LogP contribution is -2.30. The monoisotopic (exact) mass is 397 g/mol. The minimum Gasteiger partial charge on any atom is -0.506 e. The number of nitrogens with one attached hydrogen (secondary N) is 1. The lowest BCUT2D eigenvalue weighted by Gasteiger charge is -2.30. The number of halogens is 3. The summed E-state index contributed by atoms with van der Waals surface area (Å²) in [6.07, 6.45) is 4.85. The van der Waals surface area contributed by atoms with Gasteiger partial charge < -0.3 is 10.4 Å². The zero-order chi connectivity index (χ0) is 18.0. The SMILES string of the molecule is C[C@@H](N[C@@H](c1ccccc1Cl)C1CCCC1)c1cc(Cl)cc(Cl)c1O. The summed E-state index contributed by atoms with van der Waals surface area (Å²) in [7, 11) is 0. The Kier molecular flexibility index (Phi) is 6.17. The fraction of sp³-hybridized carbons (Fsp3) is 0.400. The molecule has 1 saturated carbocycles. The van der Waals surface area contributed by atoms with E-state index in [0.717, 1.165) is 10.6 Å². The molecule has 0 aromatic heterocycles. The highest BCUT2D eigenvalue weighted by Gasteiger charge is 2.29. The van der Waals surface area contributed by atoms with Crippen molar-refractivity contribution in [3.8, 4) is 5.75 Å². The van der Waals surface area contributed by atoms with Gasteiger partial charge in [-0.05, 0) is 49.4 Å². The van der Waals surface area contributed by atoms with Gasteiger partial charge in [0, 0.05) is 27.7 Å². The third kappa shape index (κ3) is 4.25. The van der Waals surface area contributed by atoms with Gasteiger partial charge in [0.25, 0.3) is 0 Å². The van der Waals surface area contributed by atoms with Crippen molar-refractivity contribution in [3.05, 3.63) is 62.6 Å². The average Bonchev–Trinajstić information content (AvgIpc) is 3.11. The molecule has 1 aliphatic rings. The predicted molar refractivity (Wildman–Crippen MR) is 106 cm³/mol. The molecule has 0 spiro atoms. The second-order valence-corrected chi connectivity index (χ2v) is 8.01. The quantitative estimate of drug-likeness (QED) is 0.572. The van der Waals surface area contributed by atoms with Crippen LogP contribution in [0.5, 0.6) is 5.75 Å². The first kappa shape index (κ1) is 18.8. The van der Waals surface area contributed by atoms with Gasteiger partial charge >= 0.3 is 0 Å². The maximum absolute atomic E-state index is 10.3. The van der Waals surface area contributed by atoms with Crippen LogP contribution in [0.3, 0.4) is 0 Å². The van der Waals surface area contributed by atoms with Crippen molar-refractivity contribution >= 4 is 34.8 Å². The summed E-state index contributed by atoms with van der Waals surface area (Å²) in [5, 5.41) is 15.6. The minimum absolute atomic E-state index is 0.0791. The van der Waals surface area contributed by atoms with Gasteiger partial charge in [0.1, 0.15) is 5.75 Å². The number of rotatable bonds is 5. The fourth-order valence-electron chi connectivity index (χ4n) is 3.77. The van der Waals surface area contributed by atoms with E-state index >= 15 is 0 Å². The maximum atomic E-state index is 10.3. The van der Waals surface area contributed by atoms with Gasteiger partial charge in [-0.1, -0.05) is 65.8 Å². The van der Waals surface area contributed by atoms with Gasteiger partial charge in [0.2, 0.25) is 0 Å². The number of benzene rings is 2. The summed E-state index contributed by atoms with van der Waals surface area (Å²) in [5.74, 6) is 0.606. The molecule has 3 rings (SSSR count). The second-order valence-electron chi connectivity index (χ2n) is 6.76. The number of aromatic hydroxyl groups is 1. The Morgan fingerprint density at radius 3 is 2.36 bits per heavy atom. The Morgan fingerprint density at radius 2 is 1.68 bits per heavy atom. The fourth-order valence-corrected chi connectivity index (χ4v) is 4.54. The van der Waals surface area contributed by atoms with Gasteiger partial charge in [0.15, 0.2) is 0 Å². The molecular formula is C20H22Cl3NO. The zero-order valence-corrected chi connectivity index (χ0v) is 16.4. The molecule has 1 fully saturated rings. The summed E-state index contributed by atoms with van der Waals surface area (Å²) in [5.41, 5.74) is 1.81. The smallest absolute Gasteiger partial charge is 0.139 e. The Balaban J connectivity index is 1.91. The molecule has 2 atom stereocenters. The van der Waals surface area contributed by atoms with E-state index in [-0.39, 0.29) is 22.9 Å². The zero-order valence-electron chi connectivity index (χ0n) is 14.1. The van der Waals surface area contributed by atoms with Crippen molar-refractivity contribution in [1.82, 2.24) is 5.32 Å². The van der Waals surface area contributed by atoms with Crippen molar-refractivity contribution in [2.24, 2.45) is 5.92 Å². The normalized spacial score (nSPS) is 17.6. The van der Waals surface area contributed by atoms with E-state index < -0.39 is 0 Å². The molecule has 0 bridgehead atoms. The first-order valence-electron chi connectivity index (χ1n) is 8.65. The van der Waals surface area contributed by atoms with Crippen LogP contribution in [0, 0.1) is 5.92 Å². The van der Waals surface area contributed by atoms with E-state index in [0.29, 0.717) is 16.5 Å². The summed E-state index contributed by atoms with van der Waals surface area (Å²) < 4.78 is 0. The van der Waals surface area contributed by atoms with Gasteiger partial charge in [-0.3, -0.25) is 0 Å². The van der Waals surface area contributed by atoms with Gasteiger partial charge in [-0.15, -0.1) is 0 Å². The highest BCUT2D eigenvalue weighted by Crippen LogP contribution is 2.41. The van der Waals surface area contributed by atoms with Crippen molar-refractivity contribution in [3.63, 3.8) is 0 Å². The van der Waals surface area contributed by atoms with Crippen LogP contribution < -0.4 is 5.32 Å². The van der Waals surface area contributed by atoms with Crippen LogP contribution in [0.15, 0.2) is 36.4 Å². The van der Waals surface area contributed by atoms with E-state index in [1.807, 2.05) is 25.1 Å². The average molecular weight is 399 g/mol. The molecule has 0 aliphatic heterocycles. The molecule has 0 amide bonds. The van der Waals surface area contributed by atoms with Crippen LogP contribution >= 0.6 is 34.8 Å². The van der Waals surface area contributed by atoms with Crippen LogP contribution in [-0.2, 0) is 0 Å². The largest absolute Gasteiger partial charge is 0.506 e. The molecule has 134 valence electrons. The maximum Gasteiger partial charge on any atom is 0.139 e. The second kappa shape index (κ2) is 8.18. The van der Waals surface area contributed by atoms with E-state index in [1.54, 1.807) is 12.1 Å². The predicted octanol–water partition coefficient (Wildman–Crippen LogP) is 6.93. The Hall–Kier alpha value is -0.930. The van der Waals surface area contributed by atoms with Crippen molar-refractivity contribution in [2.45, 2.75) is 44.7 Å². The molecule has 2 aromatic rings. The Labute approximate surface area is 164 Å². The van der Waals surface area contributed by atoms with Gasteiger partial charge in [-0.25, -0.2) is 0 Å². The van der Waals surface area contributed by atoms with Crippen LogP contribution in [0.4, 0.5) is 0 Å². The number of hydrogen-bond donors (Lipinski definition) is 2. The van der Waals surface area contributed by atoms with Crippen molar-refractivity contribution in [2.75, 3.05) is 0 Å². The highest BCUT2D eigenvalue weighted by atomic mass is 35.5. The molecule has 25 heavy (non-hydrogen) atoms. The van der Waals surface area contributed by atoms with Crippen LogP contribution in [-0.4, -0.2) is 5.11 Å². The van der Waals surface area contributed by atoms with Gasteiger partial charge in [0.05, 0.1) is 5.02 Å². The highest BCUT2D eigenvalue weighted by molar-refractivity contribution is 6.35. The summed E-state index contributed by atoms with van der Waals surface area (Å²) in [6, 6.07) is 11.3. The van der Waals surface area contributed by atoms with E-state index in [1.165, 1.54) is 25.7 Å². The van der Waals surface area contributed by atoms with Crippen molar-refractivity contribution in [1.29, 1.82) is 0 Å². The molecule has 0 saturated heterocycles. The van der Waals surface area contributed by atoms with Crippen LogP contribution in [0.1, 0.15) is 55.8 Å². The van der Waals surface area contributed by atoms with Gasteiger partial charge in [-0.2, -0.15) is 0 Å². The standard InChI is InChI=1S/C20H22Cl3NO/c1-12(16-10-14(21)11-18(23)20(16)25)24-19(13-6-2-3-7-13)15-8-4-5-9-17(15)22/h4-5,8-13,19,24-25H,2-3,6-7H2,1H3/t12-,19-/m1/s1. The molecule has 5 heteroatoms. The van der Waals surface area contributed by atoms with E-state index in [4.69, 9.17) is 34.8 Å². The lowest BCUT2D eigenvalue weighted by atomic mass is 9.90. The van der Waals surface area contributed by atoms with Crippen molar-refractivity contribution < 1.29 is 5.11 Å². The van der Waals surface area contributed by atoms with Crippen LogP contribution in [0.25, 0.3) is 0 Å². The molecule has 1 aliphatic carbocycles. The third-order valence-corrected chi connectivity index (χ3v) is 5.92. The molecule has 0 unspecified atom stereocenters. The summed E-state index contributed by atoms with van der Waals surface area (Å²) >= 11 is 18.7. The van der Waals surface area contributed by atoms with E-state index in [2.05, 4.69) is 11.4 Å². The first-order valence-corrected chi connectivity index (χ1v) is 9.79. The topological polar surface area (TPSA) is 32.3 Å². The summed E-state index contributed by atoms with van der Waals surface area (Å²) in [4.78, 5) is 0.